The van der Waals surface area contributed by atoms with E-state index in [4.69, 9.17) is 5.26 Å². The van der Waals surface area contributed by atoms with Crippen LogP contribution in [-0.2, 0) is 4.79 Å². The summed E-state index contributed by atoms with van der Waals surface area (Å²) in [5, 5.41) is 22.8. The molecule has 10 nitrogen and oxygen atoms in total. The van der Waals surface area contributed by atoms with Gasteiger partial charge in [0.25, 0.3) is 5.91 Å². The third-order valence-electron chi connectivity index (χ3n) is 6.20. The van der Waals surface area contributed by atoms with Crippen molar-refractivity contribution >= 4 is 28.5 Å². The number of hydrogen-bond donors (Lipinski definition) is 3. The lowest BCUT2D eigenvalue weighted by atomic mass is 9.85. The molecule has 3 N–H and O–H groups in total. The molecule has 0 bridgehead atoms. The summed E-state index contributed by atoms with van der Waals surface area (Å²) in [6, 6.07) is 4.78. The number of aromatic nitrogens is 4. The average Bonchev–Trinajstić information content (AvgIpc) is 3.31. The highest BCUT2D eigenvalue weighted by atomic mass is 19.1. The van der Waals surface area contributed by atoms with Gasteiger partial charge in [0.15, 0.2) is 11.5 Å². The molecule has 1 aliphatic rings. The van der Waals surface area contributed by atoms with Gasteiger partial charge in [-0.1, -0.05) is 0 Å². The number of fused-ring (bicyclic) bond motifs is 1. The Labute approximate surface area is 201 Å². The van der Waals surface area contributed by atoms with Crippen molar-refractivity contribution in [2.24, 2.45) is 5.92 Å². The van der Waals surface area contributed by atoms with Crippen LogP contribution in [-0.4, -0.2) is 57.4 Å². The van der Waals surface area contributed by atoms with E-state index in [0.29, 0.717) is 59.3 Å². The molecule has 1 atom stereocenters. The van der Waals surface area contributed by atoms with Crippen molar-refractivity contribution in [3.05, 3.63) is 41.9 Å². The van der Waals surface area contributed by atoms with Crippen molar-refractivity contribution in [2.45, 2.75) is 44.7 Å². The van der Waals surface area contributed by atoms with Crippen LogP contribution in [0.2, 0.25) is 0 Å². The molecular formula is C24H27FN8O2. The molecule has 1 saturated carbocycles. The maximum Gasteiger partial charge on any atom is 0.255 e. The first-order valence-corrected chi connectivity index (χ1v) is 11.5. The Hall–Kier alpha value is -4.07. The number of amides is 2. The highest BCUT2D eigenvalue weighted by Crippen LogP contribution is 2.26. The van der Waals surface area contributed by atoms with Crippen molar-refractivity contribution in [3.8, 4) is 11.9 Å². The van der Waals surface area contributed by atoms with Crippen LogP contribution < -0.4 is 16.0 Å². The van der Waals surface area contributed by atoms with Crippen molar-refractivity contribution in [1.82, 2.24) is 30.4 Å². The zero-order valence-electron chi connectivity index (χ0n) is 19.6. The van der Waals surface area contributed by atoms with Gasteiger partial charge in [-0.15, -0.1) is 0 Å². The van der Waals surface area contributed by atoms with E-state index in [1.165, 1.54) is 17.1 Å². The lowest BCUT2D eigenvalue weighted by molar-refractivity contribution is -0.125. The Morgan fingerprint density at radius 2 is 1.97 bits per heavy atom. The molecule has 3 aromatic rings. The molecule has 0 spiro atoms. The molecule has 0 unspecified atom stereocenters. The first-order valence-electron chi connectivity index (χ1n) is 11.5. The highest BCUT2D eigenvalue weighted by molar-refractivity contribution is 6.00. The van der Waals surface area contributed by atoms with Gasteiger partial charge in [-0.3, -0.25) is 9.59 Å². The number of alkyl halides is 1. The summed E-state index contributed by atoms with van der Waals surface area (Å²) in [5.41, 5.74) is 1.64. The van der Waals surface area contributed by atoms with E-state index >= 15 is 0 Å². The maximum atomic E-state index is 13.3. The quantitative estimate of drug-likeness (QED) is 0.474. The summed E-state index contributed by atoms with van der Waals surface area (Å²) in [6.07, 6.45) is 7.29. The number of carbonyl (C=O) groups is 2. The van der Waals surface area contributed by atoms with E-state index in [-0.39, 0.29) is 23.8 Å². The molecule has 1 aliphatic carbocycles. The molecule has 4 rings (SSSR count). The second kappa shape index (κ2) is 10.5. The van der Waals surface area contributed by atoms with E-state index in [0.717, 1.165) is 0 Å². The van der Waals surface area contributed by atoms with Crippen LogP contribution in [0.1, 0.15) is 48.5 Å². The standard InChI is InChI=1S/C24H27FN8O2/c1-14(9-25)31-20-8-21(33-22-17(12-30-33)7-15(10-26)11-29-22)28-13-19(20)24(35)32-18-5-3-16(4-6-18)23(34)27-2/h7-8,11-14,16,18H,3-6,9H2,1-2H3,(H,27,34)(H,28,31)(H,32,35)/t14-,16?,18?/m0/s1. The minimum absolute atomic E-state index is 0.0292. The Balaban J connectivity index is 1.58. The number of rotatable bonds is 7. The van der Waals surface area contributed by atoms with E-state index in [1.54, 1.807) is 32.3 Å². The van der Waals surface area contributed by atoms with Gasteiger partial charge in [0.2, 0.25) is 5.91 Å². The van der Waals surface area contributed by atoms with E-state index in [9.17, 15) is 14.0 Å². The third kappa shape index (κ3) is 5.21. The van der Waals surface area contributed by atoms with Crippen molar-refractivity contribution in [2.75, 3.05) is 19.0 Å². The van der Waals surface area contributed by atoms with Gasteiger partial charge >= 0.3 is 0 Å². The summed E-state index contributed by atoms with van der Waals surface area (Å²) in [4.78, 5) is 33.7. The Bertz CT molecular complexity index is 1280. The van der Waals surface area contributed by atoms with Gasteiger partial charge in [-0.05, 0) is 38.7 Å². The first-order chi connectivity index (χ1) is 16.9. The minimum Gasteiger partial charge on any atom is -0.379 e. The lowest BCUT2D eigenvalue weighted by Crippen LogP contribution is -2.40. The van der Waals surface area contributed by atoms with Gasteiger partial charge in [0.1, 0.15) is 12.7 Å². The van der Waals surface area contributed by atoms with Crippen molar-refractivity contribution < 1.29 is 14.0 Å². The Kier molecular flexibility index (Phi) is 7.19. The van der Waals surface area contributed by atoms with E-state index < -0.39 is 12.7 Å². The molecule has 3 aromatic heterocycles. The van der Waals surface area contributed by atoms with Crippen LogP contribution in [0.15, 0.2) is 30.7 Å². The number of pyridine rings is 2. The average molecular weight is 479 g/mol. The maximum absolute atomic E-state index is 13.3. The van der Waals surface area contributed by atoms with Crippen LogP contribution in [0.4, 0.5) is 10.1 Å². The lowest BCUT2D eigenvalue weighted by Gasteiger charge is -2.28. The van der Waals surface area contributed by atoms with Crippen LogP contribution >= 0.6 is 0 Å². The summed E-state index contributed by atoms with van der Waals surface area (Å²) < 4.78 is 14.8. The first kappa shape index (κ1) is 24.1. The molecule has 182 valence electrons. The molecule has 35 heavy (non-hydrogen) atoms. The largest absolute Gasteiger partial charge is 0.379 e. The fraction of sp³-hybridized carbons (Fsp3) is 0.417. The van der Waals surface area contributed by atoms with Crippen LogP contribution in [0, 0.1) is 17.2 Å². The normalized spacial score (nSPS) is 18.5. The smallest absolute Gasteiger partial charge is 0.255 e. The third-order valence-corrected chi connectivity index (χ3v) is 6.20. The SMILES string of the molecule is CNC(=O)C1CCC(NC(=O)c2cnc(-n3ncc4cc(C#N)cnc43)cc2N[C@@H](C)CF)CC1. The number of halogens is 1. The second-order valence-electron chi connectivity index (χ2n) is 8.73. The molecule has 0 aliphatic heterocycles. The van der Waals surface area contributed by atoms with Crippen molar-refractivity contribution in [1.29, 1.82) is 5.26 Å². The number of carbonyl (C=O) groups excluding carboxylic acids is 2. The summed E-state index contributed by atoms with van der Waals surface area (Å²) in [5.74, 6) is 0.0840. The number of nitrogens with one attached hydrogen (secondary N) is 3. The second-order valence-corrected chi connectivity index (χ2v) is 8.73. The van der Waals surface area contributed by atoms with Gasteiger partial charge in [0, 0.05) is 42.9 Å². The monoisotopic (exact) mass is 478 g/mol. The molecule has 1 fully saturated rings. The van der Waals surface area contributed by atoms with Crippen LogP contribution in [0.3, 0.4) is 0 Å². The summed E-state index contributed by atoms with van der Waals surface area (Å²) in [7, 11) is 1.63. The molecule has 0 saturated heterocycles. The minimum atomic E-state index is -0.620. The molecule has 11 heteroatoms. The predicted molar refractivity (Wildman–Crippen MR) is 128 cm³/mol. The Morgan fingerprint density at radius 1 is 1.20 bits per heavy atom. The van der Waals surface area contributed by atoms with E-state index in [1.807, 2.05) is 6.07 Å². The van der Waals surface area contributed by atoms with Crippen LogP contribution in [0.25, 0.3) is 16.9 Å². The number of nitriles is 1. The van der Waals surface area contributed by atoms with Crippen LogP contribution in [0.5, 0.6) is 0 Å². The zero-order chi connectivity index (χ0) is 24.9. The van der Waals surface area contributed by atoms with Crippen molar-refractivity contribution in [3.63, 3.8) is 0 Å². The number of hydrogen-bond acceptors (Lipinski definition) is 7. The Morgan fingerprint density at radius 3 is 2.66 bits per heavy atom. The molecule has 3 heterocycles. The fourth-order valence-electron chi connectivity index (χ4n) is 4.28. The zero-order valence-corrected chi connectivity index (χ0v) is 19.6. The van der Waals surface area contributed by atoms with Gasteiger partial charge in [-0.2, -0.15) is 15.0 Å². The molecule has 2 amide bonds. The van der Waals surface area contributed by atoms with Gasteiger partial charge < -0.3 is 16.0 Å². The van der Waals surface area contributed by atoms with Gasteiger partial charge in [0.05, 0.1) is 29.1 Å². The highest BCUT2D eigenvalue weighted by Gasteiger charge is 2.27. The topological polar surface area (TPSA) is 138 Å². The number of nitrogens with zero attached hydrogens (tertiary/aromatic N) is 5. The summed E-state index contributed by atoms with van der Waals surface area (Å²) >= 11 is 0. The number of anilines is 1. The summed E-state index contributed by atoms with van der Waals surface area (Å²) in [6.45, 7) is 1.06. The fourth-order valence-corrected chi connectivity index (χ4v) is 4.28. The molecule has 0 aromatic carbocycles. The molecule has 0 radical (unpaired) electrons. The van der Waals surface area contributed by atoms with E-state index in [2.05, 4.69) is 31.0 Å². The van der Waals surface area contributed by atoms with Gasteiger partial charge in [-0.25, -0.2) is 14.4 Å². The predicted octanol–water partition coefficient (Wildman–Crippen LogP) is 2.49. The molecular weight excluding hydrogens is 451 g/mol.